The lowest BCUT2D eigenvalue weighted by Gasteiger charge is -2.27. The van der Waals surface area contributed by atoms with Gasteiger partial charge >= 0.3 is 0 Å². The van der Waals surface area contributed by atoms with E-state index in [-0.39, 0.29) is 17.0 Å². The van der Waals surface area contributed by atoms with E-state index in [0.717, 1.165) is 19.3 Å². The van der Waals surface area contributed by atoms with Gasteiger partial charge in [-0.2, -0.15) is 0 Å². The van der Waals surface area contributed by atoms with Gasteiger partial charge in [-0.05, 0) is 32.6 Å². The topological polar surface area (TPSA) is 63.2 Å². The molecule has 3 unspecified atom stereocenters. The summed E-state index contributed by atoms with van der Waals surface area (Å²) in [6, 6.07) is 0.336. The minimum absolute atomic E-state index is 0.0740. The standard InChI is InChI=1S/C13H25NO3S/c1-4-10(2)14-9-13(15)11-6-5-7-12(8-11)18(3,16)17/h10-12,14H,4-9H2,1-3H3. The summed E-state index contributed by atoms with van der Waals surface area (Å²) in [5, 5.41) is 2.87. The Morgan fingerprint density at radius 3 is 2.61 bits per heavy atom. The minimum Gasteiger partial charge on any atom is -0.308 e. The first-order chi connectivity index (χ1) is 8.34. The second kappa shape index (κ2) is 6.66. The Morgan fingerprint density at radius 1 is 1.39 bits per heavy atom. The smallest absolute Gasteiger partial charge is 0.150 e. The van der Waals surface area contributed by atoms with Crippen LogP contribution in [0.1, 0.15) is 46.0 Å². The molecule has 5 heteroatoms. The first-order valence-electron chi connectivity index (χ1n) is 6.79. The molecule has 0 radical (unpaired) electrons. The average Bonchev–Trinajstić information content (AvgIpc) is 2.34. The monoisotopic (exact) mass is 275 g/mol. The molecule has 0 heterocycles. The Balaban J connectivity index is 2.49. The first-order valence-corrected chi connectivity index (χ1v) is 8.75. The molecule has 1 aliphatic rings. The number of hydrogen-bond acceptors (Lipinski definition) is 4. The van der Waals surface area contributed by atoms with Gasteiger partial charge in [0.25, 0.3) is 0 Å². The third kappa shape index (κ3) is 4.69. The van der Waals surface area contributed by atoms with Crippen LogP contribution in [0, 0.1) is 5.92 Å². The summed E-state index contributed by atoms with van der Waals surface area (Å²) in [7, 11) is -3.00. The second-order valence-electron chi connectivity index (χ2n) is 5.47. The van der Waals surface area contributed by atoms with Crippen LogP contribution in [-0.2, 0) is 14.6 Å². The van der Waals surface area contributed by atoms with Gasteiger partial charge in [0.2, 0.25) is 0 Å². The van der Waals surface area contributed by atoms with E-state index in [4.69, 9.17) is 0 Å². The van der Waals surface area contributed by atoms with Gasteiger partial charge in [-0.3, -0.25) is 4.79 Å². The number of Topliss-reactive ketones (excluding diaryl/α,β-unsaturated/α-hetero) is 1. The molecule has 0 spiro atoms. The molecule has 4 nitrogen and oxygen atoms in total. The van der Waals surface area contributed by atoms with E-state index >= 15 is 0 Å². The molecule has 0 aliphatic heterocycles. The number of carbonyl (C=O) groups excluding carboxylic acids is 1. The molecule has 0 amide bonds. The molecular formula is C13H25NO3S. The largest absolute Gasteiger partial charge is 0.308 e. The maximum absolute atomic E-state index is 12.0. The van der Waals surface area contributed by atoms with Crippen LogP contribution >= 0.6 is 0 Å². The van der Waals surface area contributed by atoms with E-state index in [9.17, 15) is 13.2 Å². The van der Waals surface area contributed by atoms with Crippen molar-refractivity contribution in [3.63, 3.8) is 0 Å². The molecule has 0 aromatic carbocycles. The summed E-state index contributed by atoms with van der Waals surface area (Å²) in [5.41, 5.74) is 0. The van der Waals surface area contributed by atoms with Gasteiger partial charge < -0.3 is 5.32 Å². The van der Waals surface area contributed by atoms with Crippen molar-refractivity contribution in [3.05, 3.63) is 0 Å². The highest BCUT2D eigenvalue weighted by molar-refractivity contribution is 7.91. The van der Waals surface area contributed by atoms with E-state index in [1.807, 2.05) is 6.92 Å². The second-order valence-corrected chi connectivity index (χ2v) is 7.80. The number of carbonyl (C=O) groups is 1. The number of sulfone groups is 1. The van der Waals surface area contributed by atoms with Crippen molar-refractivity contribution in [2.24, 2.45) is 5.92 Å². The normalized spacial score (nSPS) is 26.8. The predicted octanol–water partition coefficient (Wildman–Crippen LogP) is 1.55. The number of nitrogens with one attached hydrogen (secondary N) is 1. The fraction of sp³-hybridized carbons (Fsp3) is 0.923. The molecule has 18 heavy (non-hydrogen) atoms. The highest BCUT2D eigenvalue weighted by Gasteiger charge is 2.32. The summed E-state index contributed by atoms with van der Waals surface area (Å²) < 4.78 is 23.1. The summed E-state index contributed by atoms with van der Waals surface area (Å²) in [5.74, 6) is 0.0960. The molecule has 1 rings (SSSR count). The van der Waals surface area contributed by atoms with Crippen molar-refractivity contribution >= 4 is 15.6 Å². The van der Waals surface area contributed by atoms with Crippen LogP contribution in [0.2, 0.25) is 0 Å². The third-order valence-electron chi connectivity index (χ3n) is 3.92. The molecule has 0 aromatic heterocycles. The highest BCUT2D eigenvalue weighted by atomic mass is 32.2. The number of ketones is 1. The zero-order valence-electron chi connectivity index (χ0n) is 11.6. The van der Waals surface area contributed by atoms with Crippen LogP contribution in [0.15, 0.2) is 0 Å². The fourth-order valence-electron chi connectivity index (χ4n) is 2.39. The fourth-order valence-corrected chi connectivity index (χ4v) is 3.57. The molecule has 0 aromatic rings. The van der Waals surface area contributed by atoms with Gasteiger partial charge in [0, 0.05) is 18.2 Å². The number of hydrogen-bond donors (Lipinski definition) is 1. The maximum Gasteiger partial charge on any atom is 0.150 e. The summed E-state index contributed by atoms with van der Waals surface area (Å²) >= 11 is 0. The SMILES string of the molecule is CCC(C)NCC(=O)C1CCCC(S(C)(=O)=O)C1. The molecule has 1 N–H and O–H groups in total. The number of rotatable bonds is 6. The average molecular weight is 275 g/mol. The van der Waals surface area contributed by atoms with Gasteiger partial charge in [-0.25, -0.2) is 8.42 Å². The molecule has 1 aliphatic carbocycles. The van der Waals surface area contributed by atoms with E-state index < -0.39 is 9.84 Å². The van der Waals surface area contributed by atoms with E-state index in [2.05, 4.69) is 12.2 Å². The Bertz CT molecular complexity index is 378. The minimum atomic E-state index is -3.00. The van der Waals surface area contributed by atoms with Crippen LogP contribution in [0.25, 0.3) is 0 Å². The molecular weight excluding hydrogens is 250 g/mol. The van der Waals surface area contributed by atoms with Gasteiger partial charge in [-0.15, -0.1) is 0 Å². The maximum atomic E-state index is 12.0. The lowest BCUT2D eigenvalue weighted by Crippen LogP contribution is -2.37. The molecule has 0 bridgehead atoms. The Hall–Kier alpha value is -0.420. The van der Waals surface area contributed by atoms with E-state index in [0.29, 0.717) is 25.4 Å². The van der Waals surface area contributed by atoms with Crippen LogP contribution in [0.5, 0.6) is 0 Å². The molecule has 0 saturated heterocycles. The van der Waals surface area contributed by atoms with Gasteiger partial charge in [0.05, 0.1) is 11.8 Å². The zero-order valence-corrected chi connectivity index (χ0v) is 12.4. The quantitative estimate of drug-likeness (QED) is 0.799. The van der Waals surface area contributed by atoms with Crippen molar-refractivity contribution in [2.75, 3.05) is 12.8 Å². The van der Waals surface area contributed by atoms with Crippen LogP contribution < -0.4 is 5.32 Å². The van der Waals surface area contributed by atoms with Gasteiger partial charge in [0.15, 0.2) is 0 Å². The van der Waals surface area contributed by atoms with Crippen LogP contribution in [-0.4, -0.2) is 38.3 Å². The predicted molar refractivity (Wildman–Crippen MR) is 73.4 cm³/mol. The highest BCUT2D eigenvalue weighted by Crippen LogP contribution is 2.28. The first kappa shape index (κ1) is 15.6. The lowest BCUT2D eigenvalue weighted by atomic mass is 9.86. The summed E-state index contributed by atoms with van der Waals surface area (Å²) in [4.78, 5) is 12.0. The van der Waals surface area contributed by atoms with Gasteiger partial charge in [0.1, 0.15) is 15.6 Å². The molecule has 106 valence electrons. The van der Waals surface area contributed by atoms with Crippen molar-refractivity contribution in [2.45, 2.75) is 57.2 Å². The molecule has 1 saturated carbocycles. The third-order valence-corrected chi connectivity index (χ3v) is 5.56. The Kier molecular flexibility index (Phi) is 5.79. The van der Waals surface area contributed by atoms with Crippen LogP contribution in [0.4, 0.5) is 0 Å². The zero-order chi connectivity index (χ0) is 13.8. The Labute approximate surface area is 110 Å². The van der Waals surface area contributed by atoms with Crippen molar-refractivity contribution < 1.29 is 13.2 Å². The van der Waals surface area contributed by atoms with Crippen LogP contribution in [0.3, 0.4) is 0 Å². The Morgan fingerprint density at radius 2 is 2.06 bits per heavy atom. The van der Waals surface area contributed by atoms with Gasteiger partial charge in [-0.1, -0.05) is 13.3 Å². The van der Waals surface area contributed by atoms with Crippen molar-refractivity contribution in [1.29, 1.82) is 0 Å². The van der Waals surface area contributed by atoms with Crippen molar-refractivity contribution in [3.8, 4) is 0 Å². The van der Waals surface area contributed by atoms with E-state index in [1.165, 1.54) is 6.26 Å². The summed E-state index contributed by atoms with van der Waals surface area (Å²) in [6.07, 6.45) is 5.18. The van der Waals surface area contributed by atoms with E-state index in [1.54, 1.807) is 0 Å². The molecule has 3 atom stereocenters. The lowest BCUT2D eigenvalue weighted by molar-refractivity contribution is -0.123. The summed E-state index contributed by atoms with van der Waals surface area (Å²) in [6.45, 7) is 4.49. The van der Waals surface area contributed by atoms with Crippen molar-refractivity contribution in [1.82, 2.24) is 5.32 Å². The molecule has 1 fully saturated rings.